The van der Waals surface area contributed by atoms with E-state index in [9.17, 15) is 4.21 Å². The normalized spacial score (nSPS) is 28.6. The summed E-state index contributed by atoms with van der Waals surface area (Å²) in [6, 6.07) is 0. The highest BCUT2D eigenvalue weighted by Gasteiger charge is 2.23. The molecular formula is C5H11NOS. The van der Waals surface area contributed by atoms with Crippen molar-refractivity contribution < 1.29 is 4.21 Å². The number of rotatable bonds is 1. The standard InChI is InChI=1S/C5H11NOS/c1-8(6,7)5-3-2-4-5/h5-6H,2-4H2,1H3. The molecule has 1 rings (SSSR count). The molecule has 8 heavy (non-hydrogen) atoms. The van der Waals surface area contributed by atoms with Crippen molar-refractivity contribution in [3.63, 3.8) is 0 Å². The molecule has 1 unspecified atom stereocenters. The Kier molecular flexibility index (Phi) is 1.31. The molecule has 1 N–H and O–H groups in total. The second kappa shape index (κ2) is 1.72. The van der Waals surface area contributed by atoms with Crippen molar-refractivity contribution in [3.05, 3.63) is 0 Å². The van der Waals surface area contributed by atoms with Crippen LogP contribution in [-0.2, 0) is 9.73 Å². The molecule has 1 aliphatic rings. The smallest absolute Gasteiger partial charge is 0.0441 e. The number of hydrogen-bond acceptors (Lipinski definition) is 2. The van der Waals surface area contributed by atoms with Crippen LogP contribution in [0.25, 0.3) is 0 Å². The van der Waals surface area contributed by atoms with Gasteiger partial charge >= 0.3 is 0 Å². The van der Waals surface area contributed by atoms with Crippen LogP contribution in [0.2, 0.25) is 0 Å². The van der Waals surface area contributed by atoms with Gasteiger partial charge < -0.3 is 0 Å². The van der Waals surface area contributed by atoms with Gasteiger partial charge in [-0.15, -0.1) is 0 Å². The summed E-state index contributed by atoms with van der Waals surface area (Å²) in [6.07, 6.45) is 4.74. The lowest BCUT2D eigenvalue weighted by Crippen LogP contribution is -2.25. The van der Waals surface area contributed by atoms with Crippen LogP contribution in [0.3, 0.4) is 0 Å². The summed E-state index contributed by atoms with van der Waals surface area (Å²) in [5.41, 5.74) is 0. The Bertz CT molecular complexity index is 167. The van der Waals surface area contributed by atoms with Gasteiger partial charge in [0.25, 0.3) is 0 Å². The van der Waals surface area contributed by atoms with Crippen LogP contribution in [0.5, 0.6) is 0 Å². The quantitative estimate of drug-likeness (QED) is 0.574. The molecule has 0 heterocycles. The molecular weight excluding hydrogens is 122 g/mol. The second-order valence-corrected chi connectivity index (χ2v) is 4.93. The van der Waals surface area contributed by atoms with E-state index in [1.807, 2.05) is 0 Å². The molecule has 48 valence electrons. The van der Waals surface area contributed by atoms with Crippen LogP contribution in [0, 0.1) is 4.78 Å². The fraction of sp³-hybridized carbons (Fsp3) is 1.00. The van der Waals surface area contributed by atoms with Gasteiger partial charge in [0.15, 0.2) is 0 Å². The Labute approximate surface area is 50.3 Å². The van der Waals surface area contributed by atoms with E-state index in [1.165, 1.54) is 12.7 Å². The molecule has 1 fully saturated rings. The Balaban J connectivity index is 2.60. The molecule has 0 aliphatic heterocycles. The topological polar surface area (TPSA) is 40.9 Å². The van der Waals surface area contributed by atoms with E-state index >= 15 is 0 Å². The Morgan fingerprint density at radius 3 is 2.12 bits per heavy atom. The zero-order valence-electron chi connectivity index (χ0n) is 5.02. The minimum Gasteiger partial charge on any atom is -0.253 e. The SMILES string of the molecule is CS(=N)(=O)C1CCC1. The Morgan fingerprint density at radius 1 is 1.62 bits per heavy atom. The first-order chi connectivity index (χ1) is 3.61. The van der Waals surface area contributed by atoms with Crippen LogP contribution in [-0.4, -0.2) is 15.7 Å². The van der Waals surface area contributed by atoms with Gasteiger partial charge in [-0.05, 0) is 12.8 Å². The molecule has 0 aromatic carbocycles. The van der Waals surface area contributed by atoms with Crippen LogP contribution >= 0.6 is 0 Å². The molecule has 3 heteroatoms. The zero-order valence-corrected chi connectivity index (χ0v) is 5.83. The predicted molar refractivity (Wildman–Crippen MR) is 34.4 cm³/mol. The molecule has 0 bridgehead atoms. The Hall–Kier alpha value is -0.0500. The largest absolute Gasteiger partial charge is 0.253 e. The lowest BCUT2D eigenvalue weighted by atomic mass is 10.0. The Morgan fingerprint density at radius 2 is 2.12 bits per heavy atom. The average Bonchev–Trinajstić information content (AvgIpc) is 1.16. The zero-order chi connectivity index (χ0) is 6.20. The third kappa shape index (κ3) is 1.02. The summed E-state index contributed by atoms with van der Waals surface area (Å²) in [7, 11) is -2.17. The maximum absolute atomic E-state index is 10.8. The van der Waals surface area contributed by atoms with Crippen LogP contribution in [0.4, 0.5) is 0 Å². The number of nitrogens with one attached hydrogen (secondary N) is 1. The lowest BCUT2D eigenvalue weighted by Gasteiger charge is -2.24. The van der Waals surface area contributed by atoms with Gasteiger partial charge in [-0.25, -0.2) is 4.21 Å². The van der Waals surface area contributed by atoms with Gasteiger partial charge in [0, 0.05) is 21.2 Å². The number of hydrogen-bond donors (Lipinski definition) is 1. The highest BCUT2D eigenvalue weighted by Crippen LogP contribution is 2.25. The molecule has 1 saturated carbocycles. The van der Waals surface area contributed by atoms with Gasteiger partial charge in [0.2, 0.25) is 0 Å². The highest BCUT2D eigenvalue weighted by atomic mass is 32.2. The van der Waals surface area contributed by atoms with Crippen molar-refractivity contribution >= 4 is 9.73 Å². The molecule has 0 amide bonds. The molecule has 0 aromatic heterocycles. The van der Waals surface area contributed by atoms with Crippen molar-refractivity contribution in [2.45, 2.75) is 24.5 Å². The van der Waals surface area contributed by atoms with Gasteiger partial charge in [-0.1, -0.05) is 6.42 Å². The van der Waals surface area contributed by atoms with Crippen molar-refractivity contribution in [2.75, 3.05) is 6.26 Å². The minimum atomic E-state index is -2.17. The van der Waals surface area contributed by atoms with E-state index in [0.29, 0.717) is 0 Å². The van der Waals surface area contributed by atoms with Crippen LogP contribution < -0.4 is 0 Å². The maximum atomic E-state index is 10.8. The predicted octanol–water partition coefficient (Wildman–Crippen LogP) is 1.22. The van der Waals surface area contributed by atoms with Gasteiger partial charge in [-0.2, -0.15) is 0 Å². The fourth-order valence-corrected chi connectivity index (χ4v) is 2.05. The first-order valence-electron chi connectivity index (χ1n) is 2.83. The van der Waals surface area contributed by atoms with E-state index < -0.39 is 9.73 Å². The molecule has 1 atom stereocenters. The first kappa shape index (κ1) is 6.08. The average molecular weight is 133 g/mol. The monoisotopic (exact) mass is 133 g/mol. The van der Waals surface area contributed by atoms with Gasteiger partial charge in [0.1, 0.15) is 0 Å². The summed E-state index contributed by atoms with van der Waals surface area (Å²) in [4.78, 5) is 0. The van der Waals surface area contributed by atoms with E-state index in [4.69, 9.17) is 4.78 Å². The summed E-state index contributed by atoms with van der Waals surface area (Å²) >= 11 is 0. The molecule has 2 nitrogen and oxygen atoms in total. The summed E-state index contributed by atoms with van der Waals surface area (Å²) in [5.74, 6) is 0. The maximum Gasteiger partial charge on any atom is 0.0441 e. The second-order valence-electron chi connectivity index (χ2n) is 2.46. The van der Waals surface area contributed by atoms with E-state index in [1.54, 1.807) is 0 Å². The fourth-order valence-electron chi connectivity index (χ4n) is 0.821. The van der Waals surface area contributed by atoms with Crippen molar-refractivity contribution in [2.24, 2.45) is 0 Å². The third-order valence-corrected chi connectivity index (χ3v) is 3.43. The van der Waals surface area contributed by atoms with Crippen molar-refractivity contribution in [1.29, 1.82) is 4.78 Å². The first-order valence-corrected chi connectivity index (χ1v) is 4.86. The molecule has 0 aromatic rings. The lowest BCUT2D eigenvalue weighted by molar-refractivity contribution is 0.502. The van der Waals surface area contributed by atoms with Gasteiger partial charge in [0.05, 0.1) is 0 Å². The third-order valence-electron chi connectivity index (χ3n) is 1.69. The van der Waals surface area contributed by atoms with Gasteiger partial charge in [-0.3, -0.25) is 4.78 Å². The van der Waals surface area contributed by atoms with E-state index in [0.717, 1.165) is 12.8 Å². The summed E-state index contributed by atoms with van der Waals surface area (Å²) in [5, 5.41) is 0.225. The summed E-state index contributed by atoms with van der Waals surface area (Å²) in [6.45, 7) is 0. The van der Waals surface area contributed by atoms with E-state index in [-0.39, 0.29) is 5.25 Å². The molecule has 0 saturated heterocycles. The van der Waals surface area contributed by atoms with E-state index in [2.05, 4.69) is 0 Å². The summed E-state index contributed by atoms with van der Waals surface area (Å²) < 4.78 is 18.0. The molecule has 1 aliphatic carbocycles. The van der Waals surface area contributed by atoms with Crippen LogP contribution in [0.1, 0.15) is 19.3 Å². The minimum absolute atomic E-state index is 0.225. The highest BCUT2D eigenvalue weighted by molar-refractivity contribution is 7.92. The molecule has 0 radical (unpaired) electrons. The molecule has 0 spiro atoms. The van der Waals surface area contributed by atoms with Crippen molar-refractivity contribution in [1.82, 2.24) is 0 Å². The van der Waals surface area contributed by atoms with Crippen molar-refractivity contribution in [3.8, 4) is 0 Å². The van der Waals surface area contributed by atoms with Crippen LogP contribution in [0.15, 0.2) is 0 Å².